The fourth-order valence-electron chi connectivity index (χ4n) is 3.40. The Labute approximate surface area is 141 Å². The predicted molar refractivity (Wildman–Crippen MR) is 90.6 cm³/mol. The Bertz CT molecular complexity index is 742. The molecule has 0 aliphatic carbocycles. The smallest absolute Gasteiger partial charge is 0.217 e. The van der Waals surface area contributed by atoms with Gasteiger partial charge in [-0.05, 0) is 32.8 Å². The van der Waals surface area contributed by atoms with Crippen LogP contribution in [-0.2, 0) is 11.3 Å². The second-order valence-electron chi connectivity index (χ2n) is 6.67. The van der Waals surface area contributed by atoms with Crippen molar-refractivity contribution in [1.29, 1.82) is 0 Å². The standard InChI is InChI=1S/C17H25N5O2/c1-11-8-12(2)22-17(19-11)14(9-18-22)10-21-6-4-15(20-13(3)23)16(24)5-7-21/h8-9,15-16,24H,4-7,10H2,1-3H3,(H,20,23)/t15-,16-/m0/s1. The van der Waals surface area contributed by atoms with Crippen LogP contribution in [0.2, 0.25) is 0 Å². The quantitative estimate of drug-likeness (QED) is 0.870. The highest BCUT2D eigenvalue weighted by molar-refractivity contribution is 5.73. The first-order valence-electron chi connectivity index (χ1n) is 8.42. The number of rotatable bonds is 3. The van der Waals surface area contributed by atoms with Gasteiger partial charge in [-0.25, -0.2) is 9.50 Å². The van der Waals surface area contributed by atoms with E-state index in [0.29, 0.717) is 6.42 Å². The maximum absolute atomic E-state index is 11.3. The van der Waals surface area contributed by atoms with Gasteiger partial charge in [0.05, 0.1) is 18.3 Å². The Morgan fingerprint density at radius 1 is 1.38 bits per heavy atom. The minimum absolute atomic E-state index is 0.0923. The molecule has 7 nitrogen and oxygen atoms in total. The molecule has 2 aromatic heterocycles. The van der Waals surface area contributed by atoms with Gasteiger partial charge in [-0.3, -0.25) is 9.69 Å². The summed E-state index contributed by atoms with van der Waals surface area (Å²) in [4.78, 5) is 18.2. The van der Waals surface area contributed by atoms with E-state index in [1.807, 2.05) is 30.6 Å². The molecule has 3 heterocycles. The van der Waals surface area contributed by atoms with Crippen LogP contribution in [-0.4, -0.2) is 55.7 Å². The third-order valence-corrected chi connectivity index (χ3v) is 4.60. The molecule has 0 unspecified atom stereocenters. The second kappa shape index (κ2) is 6.86. The molecule has 0 saturated carbocycles. The molecule has 0 aromatic carbocycles. The lowest BCUT2D eigenvalue weighted by atomic mass is 10.1. The molecule has 3 rings (SSSR count). The van der Waals surface area contributed by atoms with Crippen molar-refractivity contribution in [3.63, 3.8) is 0 Å². The van der Waals surface area contributed by atoms with Gasteiger partial charge >= 0.3 is 0 Å². The van der Waals surface area contributed by atoms with Crippen LogP contribution in [0.1, 0.15) is 36.7 Å². The molecule has 1 saturated heterocycles. The highest BCUT2D eigenvalue weighted by atomic mass is 16.3. The van der Waals surface area contributed by atoms with Crippen molar-refractivity contribution in [3.8, 4) is 0 Å². The maximum Gasteiger partial charge on any atom is 0.217 e. The van der Waals surface area contributed by atoms with E-state index in [0.717, 1.165) is 48.7 Å². The molecule has 2 atom stereocenters. The average molecular weight is 331 g/mol. The number of amides is 1. The molecule has 1 aliphatic rings. The molecule has 1 fully saturated rings. The van der Waals surface area contributed by atoms with E-state index in [1.54, 1.807) is 0 Å². The summed E-state index contributed by atoms with van der Waals surface area (Å²) in [5, 5.41) is 17.5. The van der Waals surface area contributed by atoms with Crippen molar-refractivity contribution in [2.24, 2.45) is 0 Å². The van der Waals surface area contributed by atoms with Crippen LogP contribution in [0.4, 0.5) is 0 Å². The number of carbonyl (C=O) groups excluding carboxylic acids is 1. The van der Waals surface area contributed by atoms with E-state index >= 15 is 0 Å². The van der Waals surface area contributed by atoms with Crippen molar-refractivity contribution in [2.75, 3.05) is 13.1 Å². The van der Waals surface area contributed by atoms with Crippen LogP contribution in [0.25, 0.3) is 5.65 Å². The van der Waals surface area contributed by atoms with Gasteiger partial charge in [0.2, 0.25) is 5.91 Å². The van der Waals surface area contributed by atoms with Crippen molar-refractivity contribution < 1.29 is 9.90 Å². The lowest BCUT2D eigenvalue weighted by Gasteiger charge is -2.20. The predicted octanol–water partition coefficient (Wildman–Crippen LogP) is 0.808. The minimum atomic E-state index is -0.495. The number of fused-ring (bicyclic) bond motifs is 1. The summed E-state index contributed by atoms with van der Waals surface area (Å²) in [7, 11) is 0. The van der Waals surface area contributed by atoms with E-state index in [9.17, 15) is 9.90 Å². The van der Waals surface area contributed by atoms with E-state index in [1.165, 1.54) is 6.92 Å². The number of aromatic nitrogens is 3. The summed E-state index contributed by atoms with van der Waals surface area (Å²) >= 11 is 0. The lowest BCUT2D eigenvalue weighted by molar-refractivity contribution is -0.120. The fraction of sp³-hybridized carbons (Fsp3) is 0.588. The topological polar surface area (TPSA) is 82.8 Å². The van der Waals surface area contributed by atoms with Crippen LogP contribution in [0.5, 0.6) is 0 Å². The number of aryl methyl sites for hydroxylation is 2. The number of carbonyl (C=O) groups is 1. The van der Waals surface area contributed by atoms with E-state index in [-0.39, 0.29) is 11.9 Å². The average Bonchev–Trinajstić information content (AvgIpc) is 2.82. The van der Waals surface area contributed by atoms with Crippen molar-refractivity contribution in [1.82, 2.24) is 24.8 Å². The summed E-state index contributed by atoms with van der Waals surface area (Å²) < 4.78 is 1.87. The van der Waals surface area contributed by atoms with Gasteiger partial charge in [0.1, 0.15) is 0 Å². The number of nitrogens with zero attached hydrogens (tertiary/aromatic N) is 4. The third kappa shape index (κ3) is 3.57. The number of hydrogen-bond donors (Lipinski definition) is 2. The largest absolute Gasteiger partial charge is 0.391 e. The number of likely N-dealkylation sites (tertiary alicyclic amines) is 1. The molecular weight excluding hydrogens is 306 g/mol. The molecule has 7 heteroatoms. The Morgan fingerprint density at radius 2 is 2.12 bits per heavy atom. The fourth-order valence-corrected chi connectivity index (χ4v) is 3.40. The molecule has 1 aliphatic heterocycles. The molecule has 2 aromatic rings. The Balaban J connectivity index is 1.74. The van der Waals surface area contributed by atoms with Crippen molar-refractivity contribution in [3.05, 3.63) is 29.2 Å². The van der Waals surface area contributed by atoms with Gasteiger partial charge in [-0.15, -0.1) is 0 Å². The Morgan fingerprint density at radius 3 is 2.88 bits per heavy atom. The summed E-state index contributed by atoms with van der Waals surface area (Å²) in [6, 6.07) is 1.85. The molecule has 2 N–H and O–H groups in total. The van der Waals surface area contributed by atoms with Gasteiger partial charge in [0.25, 0.3) is 0 Å². The lowest BCUT2D eigenvalue weighted by Crippen LogP contribution is -2.42. The molecule has 0 radical (unpaired) electrons. The summed E-state index contributed by atoms with van der Waals surface area (Å²) in [5.74, 6) is -0.0923. The molecule has 0 bridgehead atoms. The molecule has 130 valence electrons. The van der Waals surface area contributed by atoms with Crippen LogP contribution in [0, 0.1) is 13.8 Å². The molecular formula is C17H25N5O2. The zero-order valence-electron chi connectivity index (χ0n) is 14.5. The second-order valence-corrected chi connectivity index (χ2v) is 6.67. The molecule has 0 spiro atoms. The number of aliphatic hydroxyl groups is 1. The number of nitrogens with one attached hydrogen (secondary N) is 1. The number of hydrogen-bond acceptors (Lipinski definition) is 5. The first-order chi connectivity index (χ1) is 11.4. The summed E-state index contributed by atoms with van der Waals surface area (Å²) in [6.07, 6.45) is 2.77. The summed E-state index contributed by atoms with van der Waals surface area (Å²) in [6.45, 7) is 7.87. The SMILES string of the molecule is CC(=O)N[C@H]1CCN(Cc2cnn3c(C)cc(C)nc23)CC[C@@H]1O. The molecule has 24 heavy (non-hydrogen) atoms. The van der Waals surface area contributed by atoms with Gasteiger partial charge in [0, 0.05) is 43.5 Å². The van der Waals surface area contributed by atoms with E-state index < -0.39 is 6.10 Å². The highest BCUT2D eigenvalue weighted by Crippen LogP contribution is 2.18. The van der Waals surface area contributed by atoms with Gasteiger partial charge in [-0.1, -0.05) is 0 Å². The normalized spacial score (nSPS) is 22.5. The van der Waals surface area contributed by atoms with Gasteiger partial charge in [0.15, 0.2) is 5.65 Å². The first-order valence-corrected chi connectivity index (χ1v) is 8.42. The van der Waals surface area contributed by atoms with Crippen molar-refractivity contribution in [2.45, 2.75) is 52.3 Å². The zero-order valence-corrected chi connectivity index (χ0v) is 14.5. The van der Waals surface area contributed by atoms with Crippen molar-refractivity contribution >= 4 is 11.6 Å². The number of aliphatic hydroxyl groups excluding tert-OH is 1. The zero-order chi connectivity index (χ0) is 17.3. The monoisotopic (exact) mass is 331 g/mol. The minimum Gasteiger partial charge on any atom is -0.391 e. The maximum atomic E-state index is 11.3. The van der Waals surface area contributed by atoms with Gasteiger partial charge < -0.3 is 10.4 Å². The van der Waals surface area contributed by atoms with Crippen LogP contribution >= 0.6 is 0 Å². The third-order valence-electron chi connectivity index (χ3n) is 4.60. The van der Waals surface area contributed by atoms with E-state index in [2.05, 4.69) is 20.3 Å². The molecule has 1 amide bonds. The summed E-state index contributed by atoms with van der Waals surface area (Å²) in [5.41, 5.74) is 4.05. The van der Waals surface area contributed by atoms with Gasteiger partial charge in [-0.2, -0.15) is 5.10 Å². The Hall–Kier alpha value is -1.99. The van der Waals surface area contributed by atoms with Crippen LogP contribution in [0.15, 0.2) is 12.3 Å². The van der Waals surface area contributed by atoms with Crippen LogP contribution < -0.4 is 5.32 Å². The van der Waals surface area contributed by atoms with Crippen LogP contribution in [0.3, 0.4) is 0 Å². The first kappa shape index (κ1) is 16.9. The van der Waals surface area contributed by atoms with E-state index in [4.69, 9.17) is 0 Å². The Kier molecular flexibility index (Phi) is 4.82. The highest BCUT2D eigenvalue weighted by Gasteiger charge is 2.25.